The molecule has 1 aromatic carbocycles. The summed E-state index contributed by atoms with van der Waals surface area (Å²) in [6, 6.07) is 12.3. The topological polar surface area (TPSA) is 20.2 Å². The summed E-state index contributed by atoms with van der Waals surface area (Å²) in [6.07, 6.45) is 1.08. The molecule has 2 heteroatoms. The zero-order chi connectivity index (χ0) is 10.7. The van der Waals surface area contributed by atoms with E-state index in [4.69, 9.17) is 0 Å². The standard InChI is InChI=1S/C13H14OS/c1-2-11-7-8-13(15-11)12-6-4-3-5-10(12)9-14/h3-8,14H,2,9H2,1H3. The Morgan fingerprint density at radius 2 is 1.93 bits per heavy atom. The zero-order valence-electron chi connectivity index (χ0n) is 8.73. The first kappa shape index (κ1) is 10.4. The lowest BCUT2D eigenvalue weighted by atomic mass is 10.1. The summed E-state index contributed by atoms with van der Waals surface area (Å²) in [4.78, 5) is 2.63. The largest absolute Gasteiger partial charge is 0.392 e. The molecule has 0 fully saturated rings. The maximum absolute atomic E-state index is 9.25. The minimum atomic E-state index is 0.107. The van der Waals surface area contributed by atoms with Crippen molar-refractivity contribution in [2.45, 2.75) is 20.0 Å². The summed E-state index contributed by atoms with van der Waals surface area (Å²) in [5, 5.41) is 9.25. The summed E-state index contributed by atoms with van der Waals surface area (Å²) in [5.41, 5.74) is 2.16. The van der Waals surface area contributed by atoms with Crippen molar-refractivity contribution in [3.63, 3.8) is 0 Å². The Morgan fingerprint density at radius 1 is 1.13 bits per heavy atom. The molecule has 0 aliphatic carbocycles. The Kier molecular flexibility index (Phi) is 3.19. The van der Waals surface area contributed by atoms with Gasteiger partial charge in [0, 0.05) is 9.75 Å². The average molecular weight is 218 g/mol. The second kappa shape index (κ2) is 4.60. The van der Waals surface area contributed by atoms with Gasteiger partial charge < -0.3 is 5.11 Å². The van der Waals surface area contributed by atoms with Crippen molar-refractivity contribution >= 4 is 11.3 Å². The predicted octanol–water partition coefficient (Wildman–Crippen LogP) is 3.47. The van der Waals surface area contributed by atoms with Gasteiger partial charge >= 0.3 is 0 Å². The molecule has 1 N–H and O–H groups in total. The first-order valence-electron chi connectivity index (χ1n) is 5.13. The lowest BCUT2D eigenvalue weighted by Crippen LogP contribution is -1.86. The fraction of sp³-hybridized carbons (Fsp3) is 0.231. The molecule has 1 nitrogen and oxygen atoms in total. The van der Waals surface area contributed by atoms with Gasteiger partial charge in [0.05, 0.1) is 6.61 Å². The number of aryl methyl sites for hydroxylation is 1. The summed E-state index contributed by atoms with van der Waals surface area (Å²) in [7, 11) is 0. The van der Waals surface area contributed by atoms with Crippen molar-refractivity contribution in [3.05, 3.63) is 46.8 Å². The second-order valence-corrected chi connectivity index (χ2v) is 4.60. The molecule has 0 atom stereocenters. The molecule has 0 amide bonds. The summed E-state index contributed by atoms with van der Waals surface area (Å²) in [5.74, 6) is 0. The highest BCUT2D eigenvalue weighted by molar-refractivity contribution is 7.15. The summed E-state index contributed by atoms with van der Waals surface area (Å²) in [6.45, 7) is 2.27. The van der Waals surface area contributed by atoms with E-state index < -0.39 is 0 Å². The van der Waals surface area contributed by atoms with Crippen LogP contribution >= 0.6 is 11.3 Å². The molecule has 0 radical (unpaired) electrons. The number of hydrogen-bond donors (Lipinski definition) is 1. The van der Waals surface area contributed by atoms with Gasteiger partial charge in [0.2, 0.25) is 0 Å². The number of thiophene rings is 1. The summed E-state index contributed by atoms with van der Waals surface area (Å²) >= 11 is 1.80. The molecule has 0 saturated heterocycles. The highest BCUT2D eigenvalue weighted by Gasteiger charge is 2.05. The normalized spacial score (nSPS) is 10.5. The number of rotatable bonds is 3. The Balaban J connectivity index is 2.44. The quantitative estimate of drug-likeness (QED) is 0.836. The molecule has 0 bridgehead atoms. The third-order valence-corrected chi connectivity index (χ3v) is 3.73. The third kappa shape index (κ3) is 2.11. The van der Waals surface area contributed by atoms with Gasteiger partial charge in [-0.25, -0.2) is 0 Å². The van der Waals surface area contributed by atoms with Crippen molar-refractivity contribution in [2.24, 2.45) is 0 Å². The van der Waals surface area contributed by atoms with Gasteiger partial charge in [-0.15, -0.1) is 11.3 Å². The number of hydrogen-bond acceptors (Lipinski definition) is 2. The van der Waals surface area contributed by atoms with Crippen LogP contribution in [0.1, 0.15) is 17.4 Å². The first-order chi connectivity index (χ1) is 7.35. The van der Waals surface area contributed by atoms with Crippen LogP contribution in [0, 0.1) is 0 Å². The van der Waals surface area contributed by atoms with Crippen LogP contribution in [0.2, 0.25) is 0 Å². The van der Waals surface area contributed by atoms with Gasteiger partial charge in [-0.2, -0.15) is 0 Å². The Labute approximate surface area is 94.0 Å². The molecule has 0 spiro atoms. The molecule has 0 aliphatic heterocycles. The van der Waals surface area contributed by atoms with Crippen LogP contribution in [0.3, 0.4) is 0 Å². The van der Waals surface area contributed by atoms with Crippen LogP contribution in [0.4, 0.5) is 0 Å². The van der Waals surface area contributed by atoms with E-state index in [0.29, 0.717) is 0 Å². The van der Waals surface area contributed by atoms with E-state index in [0.717, 1.165) is 17.5 Å². The van der Waals surface area contributed by atoms with E-state index in [1.54, 1.807) is 11.3 Å². The molecule has 1 heterocycles. The first-order valence-corrected chi connectivity index (χ1v) is 5.94. The Bertz CT molecular complexity index is 445. The van der Waals surface area contributed by atoms with E-state index in [1.165, 1.54) is 9.75 Å². The van der Waals surface area contributed by atoms with Gasteiger partial charge in [-0.1, -0.05) is 31.2 Å². The number of benzene rings is 1. The molecule has 0 unspecified atom stereocenters. The zero-order valence-corrected chi connectivity index (χ0v) is 9.55. The second-order valence-electron chi connectivity index (χ2n) is 3.43. The van der Waals surface area contributed by atoms with Crippen molar-refractivity contribution < 1.29 is 5.11 Å². The molecular weight excluding hydrogens is 204 g/mol. The van der Waals surface area contributed by atoms with Gasteiger partial charge in [0.15, 0.2) is 0 Å². The third-order valence-electron chi connectivity index (χ3n) is 2.46. The van der Waals surface area contributed by atoms with Crippen molar-refractivity contribution in [1.82, 2.24) is 0 Å². The van der Waals surface area contributed by atoms with Crippen molar-refractivity contribution in [1.29, 1.82) is 0 Å². The van der Waals surface area contributed by atoms with E-state index >= 15 is 0 Å². The smallest absolute Gasteiger partial charge is 0.0688 e. The Hall–Kier alpha value is -1.12. The van der Waals surface area contributed by atoms with Crippen LogP contribution in [0.5, 0.6) is 0 Å². The molecular formula is C13H14OS. The summed E-state index contributed by atoms with van der Waals surface area (Å²) < 4.78 is 0. The minimum Gasteiger partial charge on any atom is -0.392 e. The lowest BCUT2D eigenvalue weighted by molar-refractivity contribution is 0.282. The van der Waals surface area contributed by atoms with Gasteiger partial charge in [-0.3, -0.25) is 0 Å². The van der Waals surface area contributed by atoms with E-state index in [-0.39, 0.29) is 6.61 Å². The van der Waals surface area contributed by atoms with Gasteiger partial charge in [-0.05, 0) is 29.7 Å². The van der Waals surface area contributed by atoms with Crippen molar-refractivity contribution in [3.8, 4) is 10.4 Å². The van der Waals surface area contributed by atoms with Crippen LogP contribution in [-0.4, -0.2) is 5.11 Å². The molecule has 15 heavy (non-hydrogen) atoms. The fourth-order valence-electron chi connectivity index (χ4n) is 1.61. The molecule has 2 aromatic rings. The van der Waals surface area contributed by atoms with Gasteiger partial charge in [0.25, 0.3) is 0 Å². The van der Waals surface area contributed by atoms with Crippen LogP contribution in [0.15, 0.2) is 36.4 Å². The van der Waals surface area contributed by atoms with Crippen LogP contribution in [-0.2, 0) is 13.0 Å². The van der Waals surface area contributed by atoms with E-state index in [2.05, 4.69) is 25.1 Å². The van der Waals surface area contributed by atoms with E-state index in [9.17, 15) is 5.11 Å². The van der Waals surface area contributed by atoms with Crippen LogP contribution < -0.4 is 0 Å². The monoisotopic (exact) mass is 218 g/mol. The molecule has 0 saturated carbocycles. The molecule has 0 aliphatic rings. The molecule has 78 valence electrons. The van der Waals surface area contributed by atoms with E-state index in [1.807, 2.05) is 18.2 Å². The number of aliphatic hydroxyl groups is 1. The highest BCUT2D eigenvalue weighted by Crippen LogP contribution is 2.30. The lowest BCUT2D eigenvalue weighted by Gasteiger charge is -2.03. The molecule has 1 aromatic heterocycles. The van der Waals surface area contributed by atoms with Crippen LogP contribution in [0.25, 0.3) is 10.4 Å². The SMILES string of the molecule is CCc1ccc(-c2ccccc2CO)s1. The minimum absolute atomic E-state index is 0.107. The maximum Gasteiger partial charge on any atom is 0.0688 e. The maximum atomic E-state index is 9.25. The predicted molar refractivity (Wildman–Crippen MR) is 65.1 cm³/mol. The number of aliphatic hydroxyl groups excluding tert-OH is 1. The van der Waals surface area contributed by atoms with Crippen molar-refractivity contribution in [2.75, 3.05) is 0 Å². The molecule has 2 rings (SSSR count). The van der Waals surface area contributed by atoms with Gasteiger partial charge in [0.1, 0.15) is 0 Å². The Morgan fingerprint density at radius 3 is 2.60 bits per heavy atom. The fourth-order valence-corrected chi connectivity index (χ4v) is 2.62. The average Bonchev–Trinajstić information content (AvgIpc) is 2.77. The highest BCUT2D eigenvalue weighted by atomic mass is 32.1.